The SMILES string of the molecule is CCS(=O)(=O)c1ccc([C@H](CC#N)NC(=O)c2ccc3c(c2)OCC(C(C)C)N3c2cccc(C(F)(F)F)c2)cc1. The molecule has 0 saturated heterocycles. The molecular formula is C30H30F3N3O4S. The summed E-state index contributed by atoms with van der Waals surface area (Å²) in [6.07, 6.45) is -4.54. The third-order valence-corrected chi connectivity index (χ3v) is 8.82. The summed E-state index contributed by atoms with van der Waals surface area (Å²) in [6.45, 7) is 5.67. The van der Waals surface area contributed by atoms with E-state index in [1.165, 1.54) is 24.3 Å². The largest absolute Gasteiger partial charge is 0.489 e. The number of halogens is 3. The zero-order valence-corrected chi connectivity index (χ0v) is 23.6. The summed E-state index contributed by atoms with van der Waals surface area (Å²) >= 11 is 0. The molecule has 1 amide bonds. The summed E-state index contributed by atoms with van der Waals surface area (Å²) in [5, 5.41) is 12.2. The number of amides is 1. The maximum absolute atomic E-state index is 13.5. The second-order valence-corrected chi connectivity index (χ2v) is 12.4. The van der Waals surface area contributed by atoms with Crippen LogP contribution in [0.4, 0.5) is 24.5 Å². The molecule has 0 fully saturated rings. The van der Waals surface area contributed by atoms with E-state index in [2.05, 4.69) is 5.32 Å². The summed E-state index contributed by atoms with van der Waals surface area (Å²) < 4.78 is 70.6. The van der Waals surface area contributed by atoms with Gasteiger partial charge >= 0.3 is 6.18 Å². The van der Waals surface area contributed by atoms with Crippen LogP contribution in [0, 0.1) is 17.2 Å². The van der Waals surface area contributed by atoms with Crippen molar-refractivity contribution in [3.8, 4) is 11.8 Å². The standard InChI is InChI=1S/C30H30F3N3O4S/c1-4-41(38,39)24-11-8-20(9-12-24)25(14-15-34)35-29(37)21-10-13-26-28(16-21)40-18-27(19(2)3)36(26)23-7-5-6-22(17-23)30(31,32)33/h5-13,16-17,19,25,27H,4,14,18H2,1-3H3,(H,35,37)/t25-,27?/m0/s1. The summed E-state index contributed by atoms with van der Waals surface area (Å²) in [5.41, 5.74) is 0.948. The number of ether oxygens (including phenoxy) is 1. The van der Waals surface area contributed by atoms with Crippen LogP contribution in [0.2, 0.25) is 0 Å². The number of nitrogens with one attached hydrogen (secondary N) is 1. The Morgan fingerprint density at radius 2 is 1.83 bits per heavy atom. The molecule has 2 atom stereocenters. The zero-order chi connectivity index (χ0) is 29.9. The third kappa shape index (κ3) is 6.49. The summed E-state index contributed by atoms with van der Waals surface area (Å²) in [6, 6.07) is 17.0. The van der Waals surface area contributed by atoms with Gasteiger partial charge in [-0.2, -0.15) is 18.4 Å². The number of hydrogen-bond acceptors (Lipinski definition) is 6. The average molecular weight is 586 g/mol. The highest BCUT2D eigenvalue weighted by atomic mass is 32.2. The maximum Gasteiger partial charge on any atom is 0.416 e. The first-order valence-corrected chi connectivity index (χ1v) is 14.7. The molecule has 1 N–H and O–H groups in total. The van der Waals surface area contributed by atoms with E-state index >= 15 is 0 Å². The van der Waals surface area contributed by atoms with Gasteiger partial charge in [-0.1, -0.05) is 39.0 Å². The zero-order valence-electron chi connectivity index (χ0n) is 22.8. The van der Waals surface area contributed by atoms with Gasteiger partial charge in [0, 0.05) is 11.3 Å². The van der Waals surface area contributed by atoms with E-state index in [0.29, 0.717) is 22.7 Å². The lowest BCUT2D eigenvalue weighted by Gasteiger charge is -2.41. The van der Waals surface area contributed by atoms with Gasteiger partial charge in [-0.3, -0.25) is 4.79 Å². The van der Waals surface area contributed by atoms with Gasteiger partial charge in [0.1, 0.15) is 12.4 Å². The van der Waals surface area contributed by atoms with Crippen LogP contribution < -0.4 is 15.0 Å². The number of sulfone groups is 1. The van der Waals surface area contributed by atoms with Crippen molar-refractivity contribution >= 4 is 27.1 Å². The highest BCUT2D eigenvalue weighted by molar-refractivity contribution is 7.91. The Morgan fingerprint density at radius 1 is 1.12 bits per heavy atom. The van der Waals surface area contributed by atoms with Gasteiger partial charge in [-0.25, -0.2) is 8.42 Å². The van der Waals surface area contributed by atoms with Gasteiger partial charge in [-0.15, -0.1) is 0 Å². The number of rotatable bonds is 8. The lowest BCUT2D eigenvalue weighted by Crippen LogP contribution is -2.43. The molecule has 1 aliphatic heterocycles. The third-order valence-electron chi connectivity index (χ3n) is 7.07. The van der Waals surface area contributed by atoms with Gasteiger partial charge in [0.05, 0.1) is 46.5 Å². The predicted octanol–water partition coefficient (Wildman–Crippen LogP) is 6.44. The fourth-order valence-corrected chi connectivity index (χ4v) is 5.59. The first-order valence-electron chi connectivity index (χ1n) is 13.1. The number of hydrogen-bond donors (Lipinski definition) is 1. The molecule has 216 valence electrons. The number of nitrogens with zero attached hydrogens (tertiary/aromatic N) is 2. The van der Waals surface area contributed by atoms with Gasteiger partial charge in [0.25, 0.3) is 5.91 Å². The van der Waals surface area contributed by atoms with Crippen LogP contribution >= 0.6 is 0 Å². The van der Waals surface area contributed by atoms with E-state index in [0.717, 1.165) is 12.1 Å². The summed E-state index contributed by atoms with van der Waals surface area (Å²) in [7, 11) is -3.40. The topological polar surface area (TPSA) is 99.5 Å². The van der Waals surface area contributed by atoms with Crippen molar-refractivity contribution in [2.24, 2.45) is 5.92 Å². The molecule has 0 spiro atoms. The van der Waals surface area contributed by atoms with Crippen LogP contribution in [-0.2, 0) is 16.0 Å². The number of fused-ring (bicyclic) bond motifs is 1. The van der Waals surface area contributed by atoms with Crippen molar-refractivity contribution in [2.45, 2.75) is 50.3 Å². The van der Waals surface area contributed by atoms with Crippen molar-refractivity contribution in [2.75, 3.05) is 17.3 Å². The van der Waals surface area contributed by atoms with Crippen LogP contribution in [0.3, 0.4) is 0 Å². The van der Waals surface area contributed by atoms with Gasteiger partial charge in [0.15, 0.2) is 9.84 Å². The number of carbonyl (C=O) groups is 1. The molecule has 1 unspecified atom stereocenters. The second-order valence-electron chi connectivity index (χ2n) is 10.1. The van der Waals surface area contributed by atoms with Gasteiger partial charge in [-0.05, 0) is 60.0 Å². The van der Waals surface area contributed by atoms with Crippen LogP contribution in [0.1, 0.15) is 54.7 Å². The van der Waals surface area contributed by atoms with Gasteiger partial charge < -0.3 is 15.0 Å². The monoisotopic (exact) mass is 585 g/mol. The van der Waals surface area contributed by atoms with Crippen molar-refractivity contribution < 1.29 is 31.1 Å². The Hall–Kier alpha value is -4.04. The van der Waals surface area contributed by atoms with E-state index in [-0.39, 0.29) is 41.2 Å². The molecule has 3 aromatic carbocycles. The number of nitriles is 1. The molecule has 1 aliphatic rings. The minimum Gasteiger partial charge on any atom is -0.489 e. The fraction of sp³-hybridized carbons (Fsp3) is 0.333. The van der Waals surface area contributed by atoms with Crippen LogP contribution in [-0.4, -0.2) is 32.7 Å². The number of benzene rings is 3. The smallest absolute Gasteiger partial charge is 0.416 e. The Kier molecular flexibility index (Phi) is 8.63. The highest BCUT2D eigenvalue weighted by Crippen LogP contribution is 2.43. The quantitative estimate of drug-likeness (QED) is 0.327. The molecule has 1 heterocycles. The molecular weight excluding hydrogens is 555 g/mol. The van der Waals surface area contributed by atoms with Crippen molar-refractivity contribution in [3.05, 3.63) is 83.4 Å². The minimum atomic E-state index is -4.50. The summed E-state index contributed by atoms with van der Waals surface area (Å²) in [5.74, 6) is -0.142. The predicted molar refractivity (Wildman–Crippen MR) is 149 cm³/mol. The first-order chi connectivity index (χ1) is 19.4. The lowest BCUT2D eigenvalue weighted by molar-refractivity contribution is -0.137. The van der Waals surface area contributed by atoms with Crippen molar-refractivity contribution in [1.82, 2.24) is 5.32 Å². The number of carbonyl (C=O) groups excluding carboxylic acids is 1. The lowest BCUT2D eigenvalue weighted by atomic mass is 9.98. The van der Waals surface area contributed by atoms with E-state index < -0.39 is 33.5 Å². The Morgan fingerprint density at radius 3 is 2.44 bits per heavy atom. The van der Waals surface area contributed by atoms with E-state index in [4.69, 9.17) is 4.74 Å². The first kappa shape index (κ1) is 29.9. The number of anilines is 2. The van der Waals surface area contributed by atoms with Crippen molar-refractivity contribution in [1.29, 1.82) is 5.26 Å². The van der Waals surface area contributed by atoms with Crippen molar-refractivity contribution in [3.63, 3.8) is 0 Å². The van der Waals surface area contributed by atoms with E-state index in [1.54, 1.807) is 37.3 Å². The fourth-order valence-electron chi connectivity index (χ4n) is 4.71. The molecule has 0 aromatic heterocycles. The van der Waals surface area contributed by atoms with Crippen LogP contribution in [0.15, 0.2) is 71.6 Å². The van der Waals surface area contributed by atoms with E-state index in [1.807, 2.05) is 24.8 Å². The average Bonchev–Trinajstić information content (AvgIpc) is 2.95. The molecule has 3 aromatic rings. The van der Waals surface area contributed by atoms with Crippen LogP contribution in [0.25, 0.3) is 0 Å². The Bertz CT molecular complexity index is 1570. The minimum absolute atomic E-state index is 0.0473. The highest BCUT2D eigenvalue weighted by Gasteiger charge is 2.35. The molecule has 0 bridgehead atoms. The van der Waals surface area contributed by atoms with Crippen LogP contribution in [0.5, 0.6) is 5.75 Å². The van der Waals surface area contributed by atoms with E-state index in [9.17, 15) is 31.6 Å². The second kappa shape index (κ2) is 11.8. The molecule has 7 nitrogen and oxygen atoms in total. The maximum atomic E-state index is 13.5. The molecule has 41 heavy (non-hydrogen) atoms. The molecule has 4 rings (SSSR count). The number of alkyl halides is 3. The summed E-state index contributed by atoms with van der Waals surface area (Å²) in [4.78, 5) is 15.2. The molecule has 11 heteroatoms. The molecule has 0 radical (unpaired) electrons. The molecule has 0 aliphatic carbocycles. The molecule has 0 saturated carbocycles. The Balaban J connectivity index is 1.63. The normalized spacial score (nSPS) is 16.0. The Labute approximate surface area is 237 Å². The van der Waals surface area contributed by atoms with Gasteiger partial charge in [0.2, 0.25) is 0 Å².